The Bertz CT molecular complexity index is 4600. The Balaban J connectivity index is 1.07. The van der Waals surface area contributed by atoms with Crippen molar-refractivity contribution >= 4 is 118 Å². The van der Waals surface area contributed by atoms with Crippen LogP contribution in [0.1, 0.15) is 0 Å². The number of aromatic nitrogens is 4. The van der Waals surface area contributed by atoms with Gasteiger partial charge in [-0.05, 0) is 79.7 Å². The zero-order valence-corrected chi connectivity index (χ0v) is 36.6. The first-order valence-electron chi connectivity index (χ1n) is 22.6. The number of rotatable bonds is 4. The van der Waals surface area contributed by atoms with E-state index in [1.54, 1.807) is 0 Å². The summed E-state index contributed by atoms with van der Waals surface area (Å²) in [7, 11) is 0. The molecule has 6 heteroatoms. The van der Waals surface area contributed by atoms with Crippen LogP contribution in [0.2, 0.25) is 0 Å². The number of para-hydroxylation sites is 2. The molecule has 5 nitrogen and oxygen atoms in total. The number of fused-ring (bicyclic) bond motifs is 17. The number of nitrogens with zero attached hydrogens (tertiary/aromatic N) is 4. The average Bonchev–Trinajstić information content (AvgIpc) is 4.08. The van der Waals surface area contributed by atoms with E-state index >= 15 is 0 Å². The summed E-state index contributed by atoms with van der Waals surface area (Å²) >= 11 is 1.85. The fourth-order valence-corrected chi connectivity index (χ4v) is 11.9. The van der Waals surface area contributed by atoms with Crippen molar-refractivity contribution in [3.63, 3.8) is 0 Å². The van der Waals surface area contributed by atoms with Crippen molar-refractivity contribution < 1.29 is 4.42 Å². The van der Waals surface area contributed by atoms with Crippen molar-refractivity contribution in [1.82, 2.24) is 19.5 Å². The molecule has 4 heterocycles. The molecule has 15 aromatic rings. The van der Waals surface area contributed by atoms with Gasteiger partial charge in [-0.3, -0.25) is 4.57 Å². The van der Waals surface area contributed by atoms with Crippen molar-refractivity contribution in [1.29, 1.82) is 0 Å². The molecule has 67 heavy (non-hydrogen) atoms. The monoisotopic (exact) mass is 870 g/mol. The molecule has 0 radical (unpaired) electrons. The first-order valence-corrected chi connectivity index (χ1v) is 23.4. The van der Waals surface area contributed by atoms with Gasteiger partial charge in [0.2, 0.25) is 5.95 Å². The van der Waals surface area contributed by atoms with Crippen LogP contribution in [0.25, 0.3) is 147 Å². The van der Waals surface area contributed by atoms with Gasteiger partial charge in [-0.15, -0.1) is 11.3 Å². The third-order valence-electron chi connectivity index (χ3n) is 13.8. The molecule has 0 saturated carbocycles. The first kappa shape index (κ1) is 36.6. The fraction of sp³-hybridized carbons (Fsp3) is 0. The molecule has 4 aromatic heterocycles. The summed E-state index contributed by atoms with van der Waals surface area (Å²) in [6, 6.07) is 73.9. The van der Waals surface area contributed by atoms with Crippen molar-refractivity contribution in [2.45, 2.75) is 0 Å². The molecule has 11 aromatic carbocycles. The van der Waals surface area contributed by atoms with E-state index in [4.69, 9.17) is 19.4 Å². The van der Waals surface area contributed by atoms with Gasteiger partial charge in [0.1, 0.15) is 11.2 Å². The minimum Gasteiger partial charge on any atom is -0.456 e. The van der Waals surface area contributed by atoms with Crippen LogP contribution in [0.15, 0.2) is 211 Å². The highest BCUT2D eigenvalue weighted by atomic mass is 32.1. The van der Waals surface area contributed by atoms with Gasteiger partial charge in [0, 0.05) is 63.8 Å². The predicted octanol–water partition coefficient (Wildman–Crippen LogP) is 16.8. The van der Waals surface area contributed by atoms with E-state index in [-0.39, 0.29) is 0 Å². The van der Waals surface area contributed by atoms with E-state index in [1.165, 1.54) is 52.5 Å². The van der Waals surface area contributed by atoms with Gasteiger partial charge in [-0.2, -0.15) is 9.97 Å². The molecule has 0 amide bonds. The summed E-state index contributed by atoms with van der Waals surface area (Å²) in [4.78, 5) is 16.4. The van der Waals surface area contributed by atoms with E-state index in [9.17, 15) is 0 Å². The van der Waals surface area contributed by atoms with E-state index < -0.39 is 0 Å². The Morgan fingerprint density at radius 3 is 1.81 bits per heavy atom. The third-order valence-corrected chi connectivity index (χ3v) is 14.9. The third kappa shape index (κ3) is 5.39. The van der Waals surface area contributed by atoms with E-state index in [0.29, 0.717) is 17.6 Å². The lowest BCUT2D eigenvalue weighted by molar-refractivity contribution is 0.669. The molecular weight excluding hydrogens is 837 g/mol. The molecule has 0 fully saturated rings. The lowest BCUT2D eigenvalue weighted by Gasteiger charge is -2.14. The van der Waals surface area contributed by atoms with Crippen molar-refractivity contribution in [3.8, 4) is 39.9 Å². The van der Waals surface area contributed by atoms with Crippen LogP contribution < -0.4 is 0 Å². The quantitative estimate of drug-likeness (QED) is 0.165. The van der Waals surface area contributed by atoms with E-state index in [2.05, 4.69) is 199 Å². The highest BCUT2D eigenvalue weighted by molar-refractivity contribution is 7.26. The summed E-state index contributed by atoms with van der Waals surface area (Å²) in [6.45, 7) is 0. The fourth-order valence-electron chi connectivity index (χ4n) is 10.8. The smallest absolute Gasteiger partial charge is 0.238 e. The molecule has 0 aliphatic carbocycles. The van der Waals surface area contributed by atoms with Crippen LogP contribution in [-0.2, 0) is 0 Å². The van der Waals surface area contributed by atoms with Crippen LogP contribution in [0, 0.1) is 0 Å². The van der Waals surface area contributed by atoms with Crippen molar-refractivity contribution in [2.75, 3.05) is 0 Å². The lowest BCUT2D eigenvalue weighted by Crippen LogP contribution is -2.07. The summed E-state index contributed by atoms with van der Waals surface area (Å²) < 4.78 is 11.3. The summed E-state index contributed by atoms with van der Waals surface area (Å²) in [5.41, 5.74) is 7.72. The summed E-state index contributed by atoms with van der Waals surface area (Å²) in [5.74, 6) is 1.69. The van der Waals surface area contributed by atoms with Crippen LogP contribution in [0.5, 0.6) is 0 Å². The molecule has 0 aliphatic rings. The van der Waals surface area contributed by atoms with Gasteiger partial charge < -0.3 is 4.42 Å². The predicted molar refractivity (Wildman–Crippen MR) is 281 cm³/mol. The molecule has 0 spiro atoms. The average molecular weight is 871 g/mol. The Labute approximate surface area is 386 Å². The normalized spacial score (nSPS) is 12.2. The molecule has 0 saturated heterocycles. The van der Waals surface area contributed by atoms with Gasteiger partial charge in [0.25, 0.3) is 0 Å². The number of thiophene rings is 1. The van der Waals surface area contributed by atoms with E-state index in [0.717, 1.165) is 76.8 Å². The molecule has 15 rings (SSSR count). The SMILES string of the molecule is c1ccc2cc(-c3nc(-c4ccc5c(c4)oc4ccccc45)nc(-n4c5c(-c6ccc7c(c6)sc6ccc8ccccc8c67)cccc5c5c6ccccc6c6ccccc6c54)n3)ccc2c1. The zero-order valence-electron chi connectivity index (χ0n) is 35.7. The second kappa shape index (κ2) is 13.9. The maximum Gasteiger partial charge on any atom is 0.238 e. The zero-order chi connectivity index (χ0) is 43.7. The molecule has 0 N–H and O–H groups in total. The first-order chi connectivity index (χ1) is 33.2. The lowest BCUT2D eigenvalue weighted by atomic mass is 9.95. The number of hydrogen-bond acceptors (Lipinski definition) is 5. The summed E-state index contributed by atoms with van der Waals surface area (Å²) in [6.07, 6.45) is 0. The Hall–Kier alpha value is -8.71. The molecule has 0 bridgehead atoms. The molecular formula is C61H34N4OS. The largest absolute Gasteiger partial charge is 0.456 e. The van der Waals surface area contributed by atoms with Gasteiger partial charge >= 0.3 is 0 Å². The highest BCUT2D eigenvalue weighted by Crippen LogP contribution is 2.47. The number of hydrogen-bond donors (Lipinski definition) is 0. The van der Waals surface area contributed by atoms with Crippen molar-refractivity contribution in [3.05, 3.63) is 206 Å². The van der Waals surface area contributed by atoms with Crippen LogP contribution in [0.4, 0.5) is 0 Å². The minimum atomic E-state index is 0.542. The van der Waals surface area contributed by atoms with Gasteiger partial charge in [-0.1, -0.05) is 170 Å². The maximum atomic E-state index is 6.44. The molecule has 0 unspecified atom stereocenters. The minimum absolute atomic E-state index is 0.542. The Morgan fingerprint density at radius 2 is 0.955 bits per heavy atom. The molecule has 0 atom stereocenters. The standard InChI is InChI=1S/C61H34N4OS/c1-2-14-37-32-39(25-24-35(37)12-1)59-62-60(40-27-29-46-45-18-9-10-23-51(45)66-52(46)33-40)64-61(63-59)65-57-42(38-26-30-49-54(34-38)67-53-31-28-36-13-3-4-15-41(36)55(49)53)21-11-22-50(57)56-47-19-7-5-16-43(47)44-17-6-8-20-48(44)58(56)65/h1-34H. The van der Waals surface area contributed by atoms with Crippen LogP contribution in [0.3, 0.4) is 0 Å². The van der Waals surface area contributed by atoms with Crippen LogP contribution >= 0.6 is 11.3 Å². The van der Waals surface area contributed by atoms with Gasteiger partial charge in [-0.25, -0.2) is 4.98 Å². The second-order valence-electron chi connectivity index (χ2n) is 17.5. The van der Waals surface area contributed by atoms with Crippen LogP contribution in [-0.4, -0.2) is 19.5 Å². The summed E-state index contributed by atoms with van der Waals surface area (Å²) in [5, 5.41) is 16.5. The topological polar surface area (TPSA) is 56.7 Å². The van der Waals surface area contributed by atoms with Gasteiger partial charge in [0.05, 0.1) is 11.0 Å². The van der Waals surface area contributed by atoms with Crippen molar-refractivity contribution in [2.24, 2.45) is 0 Å². The van der Waals surface area contributed by atoms with E-state index in [1.807, 2.05) is 23.5 Å². The Kier molecular flexibility index (Phi) is 7.59. The highest BCUT2D eigenvalue weighted by Gasteiger charge is 2.25. The molecule has 0 aliphatic heterocycles. The number of furan rings is 1. The maximum absolute atomic E-state index is 6.44. The Morgan fingerprint density at radius 1 is 0.343 bits per heavy atom. The number of benzene rings is 11. The molecule has 310 valence electrons. The second-order valence-corrected chi connectivity index (χ2v) is 18.6. The van der Waals surface area contributed by atoms with Gasteiger partial charge in [0.15, 0.2) is 11.6 Å².